The molecule has 1 fully saturated rings. The Morgan fingerprint density at radius 2 is 1.50 bits per heavy atom. The van der Waals surface area contributed by atoms with E-state index in [1.54, 1.807) is 0 Å². The number of carbonyl (C=O) groups is 1. The van der Waals surface area contributed by atoms with E-state index < -0.39 is 0 Å². The van der Waals surface area contributed by atoms with Crippen LogP contribution in [0.2, 0.25) is 0 Å². The molecule has 178 valence electrons. The van der Waals surface area contributed by atoms with Gasteiger partial charge in [-0.2, -0.15) is 0 Å². The normalized spacial score (nSPS) is 19.3. The molecule has 0 aromatic heterocycles. The van der Waals surface area contributed by atoms with Crippen LogP contribution in [0.15, 0.2) is 83.3 Å². The average Bonchev–Trinajstić information content (AvgIpc) is 2.99. The van der Waals surface area contributed by atoms with Crippen LogP contribution in [-0.2, 0) is 17.6 Å². The number of hydrogen-bond donors (Lipinski definition) is 0. The van der Waals surface area contributed by atoms with Gasteiger partial charge in [-0.3, -0.25) is 9.69 Å². The van der Waals surface area contributed by atoms with Crippen molar-refractivity contribution in [2.45, 2.75) is 44.7 Å². The second-order valence-electron chi connectivity index (χ2n) is 8.98. The van der Waals surface area contributed by atoms with Gasteiger partial charge in [-0.25, -0.2) is 4.39 Å². The first kappa shape index (κ1) is 24.6. The fourth-order valence-corrected chi connectivity index (χ4v) is 5.13. The van der Waals surface area contributed by atoms with Crippen molar-refractivity contribution in [1.29, 1.82) is 0 Å². The topological polar surface area (TPSA) is 23.6 Å². The quantitative estimate of drug-likeness (QED) is 0.340. The van der Waals surface area contributed by atoms with Gasteiger partial charge in [-0.05, 0) is 66.6 Å². The average molecular weight is 523 g/mol. The summed E-state index contributed by atoms with van der Waals surface area (Å²) in [6.07, 6.45) is 3.51. The number of nitrogens with zero attached hydrogens (tertiary/aromatic N) is 2. The number of benzene rings is 3. The van der Waals surface area contributed by atoms with Crippen molar-refractivity contribution in [3.05, 3.63) is 106 Å². The van der Waals surface area contributed by atoms with Gasteiger partial charge in [0.1, 0.15) is 11.9 Å². The van der Waals surface area contributed by atoms with Gasteiger partial charge in [0.15, 0.2) is 0 Å². The molecule has 0 saturated carbocycles. The molecule has 34 heavy (non-hydrogen) atoms. The largest absolute Gasteiger partial charge is 0.338 e. The summed E-state index contributed by atoms with van der Waals surface area (Å²) in [4.78, 5) is 18.5. The van der Waals surface area contributed by atoms with E-state index in [9.17, 15) is 9.18 Å². The van der Waals surface area contributed by atoms with E-state index in [-0.39, 0.29) is 23.8 Å². The molecular weight excluding hydrogens is 491 g/mol. The monoisotopic (exact) mass is 522 g/mol. The molecule has 4 rings (SSSR count). The Balaban J connectivity index is 1.57. The molecule has 2 atom stereocenters. The summed E-state index contributed by atoms with van der Waals surface area (Å²) in [6.45, 7) is 4.52. The summed E-state index contributed by atoms with van der Waals surface area (Å²) >= 11 is 3.51. The highest BCUT2D eigenvalue weighted by Crippen LogP contribution is 2.30. The number of amides is 1. The molecule has 0 bridgehead atoms. The molecule has 1 amide bonds. The second-order valence-corrected chi connectivity index (χ2v) is 9.90. The second kappa shape index (κ2) is 11.8. The van der Waals surface area contributed by atoms with Crippen LogP contribution in [0, 0.1) is 5.82 Å². The number of hydrogen-bond acceptors (Lipinski definition) is 2. The Kier molecular flexibility index (Phi) is 8.52. The Hall–Kier alpha value is -2.50. The van der Waals surface area contributed by atoms with E-state index in [4.69, 9.17) is 0 Å². The molecular formula is C29H32BrFN2O. The third-order valence-electron chi connectivity index (χ3n) is 6.81. The SMILES string of the molecule is CCC1CCN(CCc2ccc(Br)cc2)C(c2ccccc2)C(=O)N1CCc1ccc(F)cc1. The van der Waals surface area contributed by atoms with E-state index in [0.717, 1.165) is 54.4 Å². The third-order valence-corrected chi connectivity index (χ3v) is 7.34. The molecule has 0 spiro atoms. The lowest BCUT2D eigenvalue weighted by molar-refractivity contribution is -0.137. The highest BCUT2D eigenvalue weighted by molar-refractivity contribution is 9.10. The zero-order valence-electron chi connectivity index (χ0n) is 19.7. The number of rotatable bonds is 8. The first-order valence-electron chi connectivity index (χ1n) is 12.1. The molecule has 1 aliphatic heterocycles. The minimum atomic E-state index is -0.290. The van der Waals surface area contributed by atoms with Crippen LogP contribution in [0.3, 0.4) is 0 Å². The Labute approximate surface area is 210 Å². The van der Waals surface area contributed by atoms with Crippen molar-refractivity contribution in [1.82, 2.24) is 9.80 Å². The highest BCUT2D eigenvalue weighted by atomic mass is 79.9. The third kappa shape index (κ3) is 6.13. The van der Waals surface area contributed by atoms with Crippen molar-refractivity contribution in [2.24, 2.45) is 0 Å². The summed E-state index contributed by atoms with van der Waals surface area (Å²) < 4.78 is 14.4. The zero-order chi connectivity index (χ0) is 23.9. The van der Waals surface area contributed by atoms with Crippen LogP contribution in [0.4, 0.5) is 4.39 Å². The summed E-state index contributed by atoms with van der Waals surface area (Å²) in [6, 6.07) is 25.1. The standard InChI is InChI=1S/C29H32BrFN2O/c1-2-27-18-20-32(19-16-22-8-12-25(30)13-9-22)28(24-6-4-3-5-7-24)29(34)33(27)21-17-23-10-14-26(31)15-11-23/h3-15,27-28H,2,16-21H2,1H3. The molecule has 0 N–H and O–H groups in total. The van der Waals surface area contributed by atoms with Gasteiger partial charge in [-0.15, -0.1) is 0 Å². The molecule has 2 unspecified atom stereocenters. The van der Waals surface area contributed by atoms with Crippen LogP contribution in [-0.4, -0.2) is 41.4 Å². The minimum Gasteiger partial charge on any atom is -0.338 e. The highest BCUT2D eigenvalue weighted by Gasteiger charge is 2.37. The van der Waals surface area contributed by atoms with Crippen molar-refractivity contribution in [3.63, 3.8) is 0 Å². The Morgan fingerprint density at radius 1 is 0.882 bits per heavy atom. The summed E-state index contributed by atoms with van der Waals surface area (Å²) in [5.41, 5.74) is 3.37. The maximum absolute atomic E-state index is 14.1. The maximum atomic E-state index is 14.1. The van der Waals surface area contributed by atoms with E-state index >= 15 is 0 Å². The van der Waals surface area contributed by atoms with E-state index in [0.29, 0.717) is 6.54 Å². The van der Waals surface area contributed by atoms with Crippen LogP contribution < -0.4 is 0 Å². The predicted molar refractivity (Wildman–Crippen MR) is 139 cm³/mol. The van der Waals surface area contributed by atoms with Crippen LogP contribution in [0.25, 0.3) is 0 Å². The van der Waals surface area contributed by atoms with Crippen molar-refractivity contribution >= 4 is 21.8 Å². The fourth-order valence-electron chi connectivity index (χ4n) is 4.86. The van der Waals surface area contributed by atoms with Crippen molar-refractivity contribution < 1.29 is 9.18 Å². The summed E-state index contributed by atoms with van der Waals surface area (Å²) in [7, 11) is 0. The minimum absolute atomic E-state index is 0.175. The zero-order valence-corrected chi connectivity index (χ0v) is 21.3. The molecule has 1 saturated heterocycles. The lowest BCUT2D eigenvalue weighted by atomic mass is 10.0. The molecule has 1 aliphatic rings. The van der Waals surface area contributed by atoms with Crippen LogP contribution in [0.5, 0.6) is 0 Å². The summed E-state index contributed by atoms with van der Waals surface area (Å²) in [5, 5.41) is 0. The Bertz CT molecular complexity index is 1060. The van der Waals surface area contributed by atoms with Gasteiger partial charge in [0.2, 0.25) is 5.91 Å². The van der Waals surface area contributed by atoms with Gasteiger partial charge < -0.3 is 4.90 Å². The van der Waals surface area contributed by atoms with E-state index in [2.05, 4.69) is 69.1 Å². The first-order valence-corrected chi connectivity index (χ1v) is 12.9. The van der Waals surface area contributed by atoms with E-state index in [1.165, 1.54) is 17.7 Å². The summed E-state index contributed by atoms with van der Waals surface area (Å²) in [5.74, 6) is -0.0555. The van der Waals surface area contributed by atoms with Gasteiger partial charge in [-0.1, -0.05) is 77.5 Å². The molecule has 3 aromatic rings. The maximum Gasteiger partial charge on any atom is 0.244 e. The predicted octanol–water partition coefficient (Wildman–Crippen LogP) is 6.43. The molecule has 5 heteroatoms. The van der Waals surface area contributed by atoms with Crippen LogP contribution >= 0.6 is 15.9 Å². The van der Waals surface area contributed by atoms with Crippen molar-refractivity contribution in [3.8, 4) is 0 Å². The van der Waals surface area contributed by atoms with Gasteiger partial charge >= 0.3 is 0 Å². The lowest BCUT2D eigenvalue weighted by Crippen LogP contribution is -2.44. The van der Waals surface area contributed by atoms with E-state index in [1.807, 2.05) is 30.3 Å². The number of carbonyl (C=O) groups excluding carboxylic acids is 1. The van der Waals surface area contributed by atoms with Crippen molar-refractivity contribution in [2.75, 3.05) is 19.6 Å². The van der Waals surface area contributed by atoms with Gasteiger partial charge in [0, 0.05) is 30.1 Å². The molecule has 3 nitrogen and oxygen atoms in total. The first-order chi connectivity index (χ1) is 16.5. The Morgan fingerprint density at radius 3 is 2.15 bits per heavy atom. The number of halogens is 2. The molecule has 1 heterocycles. The molecule has 0 aliphatic carbocycles. The van der Waals surface area contributed by atoms with Crippen LogP contribution in [0.1, 0.15) is 42.5 Å². The molecule has 0 radical (unpaired) electrons. The van der Waals surface area contributed by atoms with Gasteiger partial charge in [0.05, 0.1) is 0 Å². The van der Waals surface area contributed by atoms with Gasteiger partial charge in [0.25, 0.3) is 0 Å². The lowest BCUT2D eigenvalue weighted by Gasteiger charge is -2.33. The smallest absolute Gasteiger partial charge is 0.244 e. The fraction of sp³-hybridized carbons (Fsp3) is 0.345. The molecule has 3 aromatic carbocycles.